The highest BCUT2D eigenvalue weighted by Gasteiger charge is 2.32. The number of hydrogen-bond acceptors (Lipinski definition) is 4. The summed E-state index contributed by atoms with van der Waals surface area (Å²) in [6, 6.07) is 0. The second kappa shape index (κ2) is 8.44. The third-order valence-electron chi connectivity index (χ3n) is 4.24. The first kappa shape index (κ1) is 18.7. The van der Waals surface area contributed by atoms with Gasteiger partial charge in [0.25, 0.3) is 0 Å². The lowest BCUT2D eigenvalue weighted by Crippen LogP contribution is -2.53. The Hall–Kier alpha value is -0.660. The maximum Gasteiger partial charge on any atom is 0.193 e. The van der Waals surface area contributed by atoms with E-state index in [1.54, 1.807) is 7.05 Å². The minimum absolute atomic E-state index is 0.119. The summed E-state index contributed by atoms with van der Waals surface area (Å²) in [7, 11) is 0.941. The molecule has 3 atom stereocenters. The van der Waals surface area contributed by atoms with Gasteiger partial charge in [-0.15, -0.1) is 0 Å². The van der Waals surface area contributed by atoms with Gasteiger partial charge < -0.3 is 19.7 Å². The largest absolute Gasteiger partial charge is 0.375 e. The molecule has 2 fully saturated rings. The average molecular weight is 346 g/mol. The first-order valence-electron chi connectivity index (χ1n) is 8.49. The first-order chi connectivity index (χ1) is 10.9. The van der Waals surface area contributed by atoms with Crippen LogP contribution in [-0.2, 0) is 20.3 Å². The molecule has 2 saturated heterocycles. The standard InChI is InChI=1S/C16H31N3O3S/c1-16(2,3)23(20)11-7-18-15(17-4)19-8-10-22-14(12-19)13-6-5-9-21-13/h13-14H,5-12H2,1-4H3,(H,17,18). The fraction of sp³-hybridized carbons (Fsp3) is 0.938. The molecular formula is C16H31N3O3S. The Bertz CT molecular complexity index is 431. The molecule has 0 aliphatic carbocycles. The molecule has 7 heteroatoms. The molecule has 2 aliphatic rings. The first-order valence-corrected chi connectivity index (χ1v) is 9.81. The monoisotopic (exact) mass is 345 g/mol. The van der Waals surface area contributed by atoms with Gasteiger partial charge in [-0.1, -0.05) is 0 Å². The van der Waals surface area contributed by atoms with Gasteiger partial charge in [0.05, 0.1) is 12.7 Å². The summed E-state index contributed by atoms with van der Waals surface area (Å²) in [4.78, 5) is 6.59. The molecule has 0 saturated carbocycles. The van der Waals surface area contributed by atoms with E-state index in [9.17, 15) is 4.21 Å². The number of rotatable bonds is 4. The lowest BCUT2D eigenvalue weighted by atomic mass is 10.1. The average Bonchev–Trinajstić information content (AvgIpc) is 3.05. The Labute approximate surface area is 142 Å². The minimum Gasteiger partial charge on any atom is -0.375 e. The summed E-state index contributed by atoms with van der Waals surface area (Å²) in [5.74, 6) is 1.49. The molecule has 0 spiro atoms. The van der Waals surface area contributed by atoms with E-state index in [1.807, 2.05) is 20.8 Å². The summed E-state index contributed by atoms with van der Waals surface area (Å²) >= 11 is 0. The molecule has 1 N–H and O–H groups in total. The number of hydrogen-bond donors (Lipinski definition) is 1. The lowest BCUT2D eigenvalue weighted by molar-refractivity contribution is -0.0816. The van der Waals surface area contributed by atoms with Crippen LogP contribution in [0.25, 0.3) is 0 Å². The van der Waals surface area contributed by atoms with Crippen molar-refractivity contribution in [3.63, 3.8) is 0 Å². The predicted octanol–water partition coefficient (Wildman–Crippen LogP) is 0.989. The molecular weight excluding hydrogens is 314 g/mol. The fourth-order valence-corrected chi connectivity index (χ4v) is 3.78. The van der Waals surface area contributed by atoms with Crippen molar-refractivity contribution in [2.45, 2.75) is 50.6 Å². The van der Waals surface area contributed by atoms with Gasteiger partial charge in [0.1, 0.15) is 6.10 Å². The van der Waals surface area contributed by atoms with Crippen molar-refractivity contribution in [2.75, 3.05) is 45.6 Å². The highest BCUT2D eigenvalue weighted by molar-refractivity contribution is 7.86. The maximum atomic E-state index is 12.1. The molecule has 3 unspecified atom stereocenters. The second-order valence-corrected chi connectivity index (χ2v) is 9.37. The lowest BCUT2D eigenvalue weighted by Gasteiger charge is -2.37. The van der Waals surface area contributed by atoms with E-state index in [1.165, 1.54) is 0 Å². The number of morpholine rings is 1. The Morgan fingerprint density at radius 3 is 2.65 bits per heavy atom. The molecule has 2 rings (SSSR count). The number of ether oxygens (including phenoxy) is 2. The van der Waals surface area contributed by atoms with Crippen LogP contribution in [0.4, 0.5) is 0 Å². The number of nitrogens with one attached hydrogen (secondary N) is 1. The van der Waals surface area contributed by atoms with E-state index in [0.717, 1.165) is 38.5 Å². The summed E-state index contributed by atoms with van der Waals surface area (Å²) in [6.07, 6.45) is 2.53. The second-order valence-electron chi connectivity index (χ2n) is 7.04. The van der Waals surface area contributed by atoms with Crippen LogP contribution in [0.3, 0.4) is 0 Å². The Kier molecular flexibility index (Phi) is 6.85. The van der Waals surface area contributed by atoms with Crippen LogP contribution < -0.4 is 5.32 Å². The van der Waals surface area contributed by atoms with Crippen molar-refractivity contribution >= 4 is 16.8 Å². The number of guanidine groups is 1. The van der Waals surface area contributed by atoms with Crippen molar-refractivity contribution in [1.29, 1.82) is 0 Å². The van der Waals surface area contributed by atoms with Gasteiger partial charge in [-0.25, -0.2) is 0 Å². The molecule has 0 bridgehead atoms. The normalized spacial score (nSPS) is 28.0. The van der Waals surface area contributed by atoms with E-state index in [0.29, 0.717) is 18.9 Å². The summed E-state index contributed by atoms with van der Waals surface area (Å²) < 4.78 is 23.6. The predicted molar refractivity (Wildman–Crippen MR) is 94.4 cm³/mol. The molecule has 0 aromatic heterocycles. The van der Waals surface area contributed by atoms with Crippen molar-refractivity contribution in [2.24, 2.45) is 4.99 Å². The third-order valence-corrected chi connectivity index (χ3v) is 6.18. The zero-order valence-corrected chi connectivity index (χ0v) is 15.7. The zero-order chi connectivity index (χ0) is 16.9. The van der Waals surface area contributed by atoms with E-state index in [-0.39, 0.29) is 17.0 Å². The van der Waals surface area contributed by atoms with Crippen LogP contribution in [0.1, 0.15) is 33.6 Å². The van der Waals surface area contributed by atoms with Gasteiger partial charge in [0.2, 0.25) is 0 Å². The van der Waals surface area contributed by atoms with Crippen LogP contribution in [-0.4, -0.2) is 77.7 Å². The van der Waals surface area contributed by atoms with Gasteiger partial charge in [-0.05, 0) is 33.6 Å². The molecule has 0 amide bonds. The Morgan fingerprint density at radius 2 is 2.04 bits per heavy atom. The Balaban J connectivity index is 1.81. The van der Waals surface area contributed by atoms with E-state index in [4.69, 9.17) is 9.47 Å². The van der Waals surface area contributed by atoms with E-state index < -0.39 is 10.8 Å². The third kappa shape index (κ3) is 5.43. The van der Waals surface area contributed by atoms with Gasteiger partial charge in [0.15, 0.2) is 5.96 Å². The molecule has 134 valence electrons. The van der Waals surface area contributed by atoms with Crippen LogP contribution in [0.15, 0.2) is 4.99 Å². The van der Waals surface area contributed by atoms with Crippen molar-refractivity contribution in [3.05, 3.63) is 0 Å². The topological polar surface area (TPSA) is 63.2 Å². The van der Waals surface area contributed by atoms with Gasteiger partial charge in [-0.2, -0.15) is 0 Å². The fourth-order valence-electron chi connectivity index (χ4n) is 2.88. The highest BCUT2D eigenvalue weighted by atomic mass is 32.2. The molecule has 23 heavy (non-hydrogen) atoms. The van der Waals surface area contributed by atoms with E-state index in [2.05, 4.69) is 15.2 Å². The Morgan fingerprint density at radius 1 is 1.30 bits per heavy atom. The molecule has 0 aromatic carbocycles. The summed E-state index contributed by atoms with van der Waals surface area (Å²) in [5.41, 5.74) is 0. The quantitative estimate of drug-likeness (QED) is 0.608. The van der Waals surface area contributed by atoms with Gasteiger partial charge >= 0.3 is 0 Å². The van der Waals surface area contributed by atoms with Gasteiger partial charge in [0, 0.05) is 54.6 Å². The molecule has 0 radical (unpaired) electrons. The molecule has 6 nitrogen and oxygen atoms in total. The van der Waals surface area contributed by atoms with E-state index >= 15 is 0 Å². The van der Waals surface area contributed by atoms with Crippen molar-refractivity contribution in [3.8, 4) is 0 Å². The van der Waals surface area contributed by atoms with Crippen LogP contribution in [0.5, 0.6) is 0 Å². The van der Waals surface area contributed by atoms with Gasteiger partial charge in [-0.3, -0.25) is 9.20 Å². The van der Waals surface area contributed by atoms with Crippen LogP contribution in [0.2, 0.25) is 0 Å². The van der Waals surface area contributed by atoms with Crippen molar-refractivity contribution in [1.82, 2.24) is 10.2 Å². The maximum absolute atomic E-state index is 12.1. The highest BCUT2D eigenvalue weighted by Crippen LogP contribution is 2.21. The van der Waals surface area contributed by atoms with Crippen LogP contribution >= 0.6 is 0 Å². The summed E-state index contributed by atoms with van der Waals surface area (Å²) in [6.45, 7) is 9.84. The van der Waals surface area contributed by atoms with Crippen LogP contribution in [0, 0.1) is 0 Å². The smallest absolute Gasteiger partial charge is 0.193 e. The molecule has 2 heterocycles. The molecule has 0 aromatic rings. The molecule has 2 aliphatic heterocycles. The SMILES string of the molecule is CN=C(NCCS(=O)C(C)(C)C)N1CCOC(C2CCCO2)C1. The number of nitrogens with zero attached hydrogens (tertiary/aromatic N) is 2. The number of aliphatic imine (C=N–C) groups is 1. The zero-order valence-electron chi connectivity index (χ0n) is 14.8. The summed E-state index contributed by atoms with van der Waals surface area (Å²) in [5, 5.41) is 3.34. The minimum atomic E-state index is -0.850. The van der Waals surface area contributed by atoms with Crippen molar-refractivity contribution < 1.29 is 13.7 Å².